The van der Waals surface area contributed by atoms with Crippen molar-refractivity contribution in [2.45, 2.75) is 84.2 Å². The molecule has 0 radical (unpaired) electrons. The molecule has 172 valence electrons. The van der Waals surface area contributed by atoms with Crippen molar-refractivity contribution in [1.82, 2.24) is 0 Å². The van der Waals surface area contributed by atoms with E-state index < -0.39 is 23.8 Å². The predicted molar refractivity (Wildman–Crippen MR) is 120 cm³/mol. The van der Waals surface area contributed by atoms with Gasteiger partial charge in [-0.2, -0.15) is 13.2 Å². The van der Waals surface area contributed by atoms with Crippen LogP contribution in [0.2, 0.25) is 0 Å². The van der Waals surface area contributed by atoms with Gasteiger partial charge in [0.15, 0.2) is 0 Å². The second-order valence-electron chi connectivity index (χ2n) is 9.86. The fourth-order valence-corrected chi connectivity index (χ4v) is 5.14. The standard InChI is InChI=1S/C27H36F4/c1-3-20(2)9-10-21-11-13-22(14-12-21)15-17-26(27(29,30)31)18-16-24(25(28)19-26)23-7-5-4-6-8-23/h4-8,16,18,20-22H,3,9-15,17,19H2,1-2H3. The second-order valence-corrected chi connectivity index (χ2v) is 9.86. The first-order valence-electron chi connectivity index (χ1n) is 11.9. The fourth-order valence-electron chi connectivity index (χ4n) is 5.14. The number of benzene rings is 1. The molecule has 2 unspecified atom stereocenters. The Morgan fingerprint density at radius 2 is 1.61 bits per heavy atom. The number of hydrogen-bond donors (Lipinski definition) is 0. The van der Waals surface area contributed by atoms with Crippen molar-refractivity contribution in [3.63, 3.8) is 0 Å². The Hall–Kier alpha value is -1.58. The molecule has 0 spiro atoms. The van der Waals surface area contributed by atoms with Gasteiger partial charge in [0.2, 0.25) is 0 Å². The molecule has 1 aromatic carbocycles. The van der Waals surface area contributed by atoms with E-state index in [0.717, 1.165) is 37.5 Å². The van der Waals surface area contributed by atoms with Crippen LogP contribution in [-0.4, -0.2) is 6.18 Å². The Morgan fingerprint density at radius 3 is 2.16 bits per heavy atom. The van der Waals surface area contributed by atoms with Gasteiger partial charge in [-0.25, -0.2) is 4.39 Å². The largest absolute Gasteiger partial charge is 0.398 e. The predicted octanol–water partition coefficient (Wildman–Crippen LogP) is 9.29. The minimum atomic E-state index is -4.45. The third-order valence-electron chi connectivity index (χ3n) is 7.71. The molecule has 2 atom stereocenters. The lowest BCUT2D eigenvalue weighted by atomic mass is 9.70. The zero-order chi connectivity index (χ0) is 22.5. The van der Waals surface area contributed by atoms with E-state index >= 15 is 0 Å². The first kappa shape index (κ1) is 24.1. The van der Waals surface area contributed by atoms with Crippen LogP contribution in [0, 0.1) is 23.2 Å². The second kappa shape index (κ2) is 10.4. The molecular weight excluding hydrogens is 400 g/mol. The smallest absolute Gasteiger partial charge is 0.211 e. The Kier molecular flexibility index (Phi) is 8.04. The average molecular weight is 437 g/mol. The third-order valence-corrected chi connectivity index (χ3v) is 7.71. The van der Waals surface area contributed by atoms with Crippen molar-refractivity contribution in [2.75, 3.05) is 0 Å². The van der Waals surface area contributed by atoms with Crippen LogP contribution in [0.4, 0.5) is 17.6 Å². The highest BCUT2D eigenvalue weighted by Crippen LogP contribution is 2.52. The highest BCUT2D eigenvalue weighted by molar-refractivity contribution is 5.77. The molecule has 0 aromatic heterocycles. The SMILES string of the molecule is CCC(C)CCC1CCC(CCC2(C(F)(F)F)C=CC(c3ccccc3)=C(F)C2)CC1. The molecule has 0 nitrogen and oxygen atoms in total. The first-order valence-corrected chi connectivity index (χ1v) is 11.9. The first-order chi connectivity index (χ1) is 14.7. The Labute approximate surface area is 184 Å². The monoisotopic (exact) mass is 436 g/mol. The van der Waals surface area contributed by atoms with E-state index in [1.165, 1.54) is 31.4 Å². The maximum Gasteiger partial charge on any atom is 0.398 e. The molecule has 0 amide bonds. The average Bonchev–Trinajstić information content (AvgIpc) is 2.76. The van der Waals surface area contributed by atoms with Crippen LogP contribution < -0.4 is 0 Å². The Bertz CT molecular complexity index is 753. The van der Waals surface area contributed by atoms with E-state index in [1.54, 1.807) is 24.3 Å². The lowest BCUT2D eigenvalue weighted by Crippen LogP contribution is -2.38. The van der Waals surface area contributed by atoms with Crippen molar-refractivity contribution in [2.24, 2.45) is 23.2 Å². The molecule has 31 heavy (non-hydrogen) atoms. The normalized spacial score (nSPS) is 28.1. The van der Waals surface area contributed by atoms with E-state index in [0.29, 0.717) is 17.9 Å². The zero-order valence-electron chi connectivity index (χ0n) is 18.9. The molecule has 1 aromatic rings. The van der Waals surface area contributed by atoms with E-state index in [9.17, 15) is 17.6 Å². The van der Waals surface area contributed by atoms with Gasteiger partial charge in [0.25, 0.3) is 0 Å². The molecule has 2 aliphatic rings. The summed E-state index contributed by atoms with van der Waals surface area (Å²) in [7, 11) is 0. The Morgan fingerprint density at radius 1 is 1.00 bits per heavy atom. The lowest BCUT2D eigenvalue weighted by molar-refractivity contribution is -0.210. The van der Waals surface area contributed by atoms with Gasteiger partial charge in [0.1, 0.15) is 5.83 Å². The van der Waals surface area contributed by atoms with Crippen LogP contribution in [0.25, 0.3) is 5.57 Å². The van der Waals surface area contributed by atoms with Crippen LogP contribution in [0.3, 0.4) is 0 Å². The fraction of sp³-hybridized carbons (Fsp3) is 0.630. The van der Waals surface area contributed by atoms with Gasteiger partial charge in [0, 0.05) is 12.0 Å². The van der Waals surface area contributed by atoms with Crippen LogP contribution in [0.15, 0.2) is 48.3 Å². The summed E-state index contributed by atoms with van der Waals surface area (Å²) >= 11 is 0. The van der Waals surface area contributed by atoms with Gasteiger partial charge < -0.3 is 0 Å². The quantitative estimate of drug-likeness (QED) is 0.356. The molecule has 0 bridgehead atoms. The summed E-state index contributed by atoms with van der Waals surface area (Å²) in [5.74, 6) is 1.16. The van der Waals surface area contributed by atoms with Crippen LogP contribution in [-0.2, 0) is 0 Å². The van der Waals surface area contributed by atoms with Crippen LogP contribution in [0.5, 0.6) is 0 Å². The van der Waals surface area contributed by atoms with E-state index in [4.69, 9.17) is 0 Å². The van der Waals surface area contributed by atoms with Crippen molar-refractivity contribution in [3.8, 4) is 0 Å². The molecule has 0 N–H and O–H groups in total. The molecule has 0 heterocycles. The summed E-state index contributed by atoms with van der Waals surface area (Å²) in [6, 6.07) is 8.83. The Balaban J connectivity index is 1.59. The molecular formula is C27H36F4. The molecule has 1 saturated carbocycles. The molecule has 1 fully saturated rings. The van der Waals surface area contributed by atoms with Crippen molar-refractivity contribution in [3.05, 3.63) is 53.9 Å². The summed E-state index contributed by atoms with van der Waals surface area (Å²) in [5.41, 5.74) is -1.17. The highest BCUT2D eigenvalue weighted by atomic mass is 19.4. The van der Waals surface area contributed by atoms with Gasteiger partial charge in [-0.15, -0.1) is 0 Å². The molecule has 4 heteroatoms. The van der Waals surface area contributed by atoms with Gasteiger partial charge in [-0.05, 0) is 36.2 Å². The summed E-state index contributed by atoms with van der Waals surface area (Å²) in [6.45, 7) is 4.51. The molecule has 2 aliphatic carbocycles. The number of hydrogen-bond acceptors (Lipinski definition) is 0. The molecule has 0 aliphatic heterocycles. The highest BCUT2D eigenvalue weighted by Gasteiger charge is 2.54. The lowest BCUT2D eigenvalue weighted by Gasteiger charge is -2.37. The van der Waals surface area contributed by atoms with Crippen molar-refractivity contribution < 1.29 is 17.6 Å². The van der Waals surface area contributed by atoms with Gasteiger partial charge in [0.05, 0.1) is 5.41 Å². The third kappa shape index (κ3) is 6.02. The number of rotatable bonds is 8. The maximum atomic E-state index is 14.9. The van der Waals surface area contributed by atoms with Crippen molar-refractivity contribution in [1.29, 1.82) is 0 Å². The maximum absolute atomic E-state index is 14.9. The van der Waals surface area contributed by atoms with Gasteiger partial charge in [-0.3, -0.25) is 0 Å². The van der Waals surface area contributed by atoms with Gasteiger partial charge in [-0.1, -0.05) is 101 Å². The summed E-state index contributed by atoms with van der Waals surface area (Å²) in [5, 5.41) is 0. The number of alkyl halides is 3. The minimum absolute atomic E-state index is 0.0231. The van der Waals surface area contributed by atoms with E-state index in [1.807, 2.05) is 6.07 Å². The molecule has 3 rings (SSSR count). The molecule has 0 saturated heterocycles. The minimum Gasteiger partial charge on any atom is -0.211 e. The van der Waals surface area contributed by atoms with Crippen LogP contribution in [0.1, 0.15) is 83.6 Å². The van der Waals surface area contributed by atoms with Gasteiger partial charge >= 0.3 is 6.18 Å². The van der Waals surface area contributed by atoms with E-state index in [-0.39, 0.29) is 12.0 Å². The number of halogens is 4. The summed E-state index contributed by atoms with van der Waals surface area (Å²) in [4.78, 5) is 0. The number of allylic oxidation sites excluding steroid dienone is 4. The van der Waals surface area contributed by atoms with Crippen molar-refractivity contribution >= 4 is 5.57 Å². The summed E-state index contributed by atoms with van der Waals surface area (Å²) in [6.07, 6.45) is 6.04. The topological polar surface area (TPSA) is 0 Å². The summed E-state index contributed by atoms with van der Waals surface area (Å²) < 4.78 is 57.1. The van der Waals surface area contributed by atoms with E-state index in [2.05, 4.69) is 13.8 Å². The zero-order valence-corrected chi connectivity index (χ0v) is 18.9. The van der Waals surface area contributed by atoms with Crippen LogP contribution >= 0.6 is 0 Å².